The molecule has 0 atom stereocenters. The van der Waals surface area contributed by atoms with Crippen LogP contribution in [0.3, 0.4) is 0 Å². The van der Waals surface area contributed by atoms with Gasteiger partial charge in [0.25, 0.3) is 0 Å². The SMILES string of the molecule is O=NO.OO.[NaH]. The first kappa shape index (κ1) is 16.2. The number of nitrogens with zero attached hydrogens (tertiary/aromatic N) is 1. The first-order chi connectivity index (χ1) is 2.41. The number of hydrogen-bond donors (Lipinski definition) is 3. The van der Waals surface area contributed by atoms with Gasteiger partial charge in [0.15, 0.2) is 5.34 Å². The van der Waals surface area contributed by atoms with Gasteiger partial charge in [0, 0.05) is 0 Å². The van der Waals surface area contributed by atoms with Crippen LogP contribution in [-0.4, -0.2) is 45.3 Å². The summed E-state index contributed by atoms with van der Waals surface area (Å²) in [5.74, 6) is 0. The molecule has 0 spiro atoms. The molecule has 0 rings (SSSR count). The van der Waals surface area contributed by atoms with Gasteiger partial charge >= 0.3 is 29.6 Å². The molecule has 0 aliphatic rings. The molecule has 0 saturated carbocycles. The summed E-state index contributed by atoms with van der Waals surface area (Å²) in [7, 11) is 0. The molecule has 0 aromatic heterocycles. The minimum atomic E-state index is 0. The molecule has 0 radical (unpaired) electrons. The van der Waals surface area contributed by atoms with E-state index in [2.05, 4.69) is 0 Å². The van der Waals surface area contributed by atoms with E-state index >= 15 is 0 Å². The molecule has 5 nitrogen and oxygen atoms in total. The Morgan fingerprint density at radius 3 is 1.33 bits per heavy atom. The predicted molar refractivity (Wildman–Crippen MR) is 20.0 cm³/mol. The van der Waals surface area contributed by atoms with Crippen molar-refractivity contribution in [2.75, 3.05) is 0 Å². The van der Waals surface area contributed by atoms with E-state index in [9.17, 15) is 0 Å². The molecule has 0 unspecified atom stereocenters. The van der Waals surface area contributed by atoms with E-state index in [1.165, 1.54) is 5.34 Å². The fourth-order valence-corrected chi connectivity index (χ4v) is 0. The van der Waals surface area contributed by atoms with Crippen LogP contribution in [0.15, 0.2) is 5.34 Å². The van der Waals surface area contributed by atoms with E-state index in [-0.39, 0.29) is 29.6 Å². The van der Waals surface area contributed by atoms with Gasteiger partial charge in [-0.15, -0.1) is 4.91 Å². The van der Waals surface area contributed by atoms with Crippen LogP contribution in [-0.2, 0) is 0 Å². The van der Waals surface area contributed by atoms with Crippen LogP contribution >= 0.6 is 0 Å². The van der Waals surface area contributed by atoms with Gasteiger partial charge in [0.2, 0.25) is 0 Å². The van der Waals surface area contributed by atoms with Gasteiger partial charge in [0.05, 0.1) is 0 Å². The van der Waals surface area contributed by atoms with Gasteiger partial charge in [-0.1, -0.05) is 0 Å². The molecule has 0 aromatic rings. The molecule has 0 aliphatic heterocycles. The van der Waals surface area contributed by atoms with Crippen LogP contribution in [0.1, 0.15) is 0 Å². The summed E-state index contributed by atoms with van der Waals surface area (Å²) in [6.07, 6.45) is 0. The van der Waals surface area contributed by atoms with Crippen LogP contribution in [0, 0.1) is 4.91 Å². The summed E-state index contributed by atoms with van der Waals surface area (Å²) in [6, 6.07) is 0. The maximum absolute atomic E-state index is 8.11. The Bertz CT molecular complexity index is 15.0. The molecule has 6 heavy (non-hydrogen) atoms. The van der Waals surface area contributed by atoms with Crippen LogP contribution in [0.2, 0.25) is 0 Å². The van der Waals surface area contributed by atoms with E-state index in [0.717, 1.165) is 0 Å². The van der Waals surface area contributed by atoms with Gasteiger partial charge in [-0.05, 0) is 0 Å². The molecule has 3 N–H and O–H groups in total. The fourth-order valence-electron chi connectivity index (χ4n) is 0. The van der Waals surface area contributed by atoms with Gasteiger partial charge in [-0.2, -0.15) is 0 Å². The molecule has 0 aliphatic carbocycles. The zero-order valence-electron chi connectivity index (χ0n) is 2.20. The van der Waals surface area contributed by atoms with Gasteiger partial charge in [0.1, 0.15) is 0 Å². The average molecular weight is 105 g/mol. The van der Waals surface area contributed by atoms with Crippen molar-refractivity contribution in [2.24, 2.45) is 5.34 Å². The molecule has 0 fully saturated rings. The Morgan fingerprint density at radius 2 is 1.33 bits per heavy atom. The van der Waals surface area contributed by atoms with Crippen molar-refractivity contribution in [2.45, 2.75) is 0 Å². The van der Waals surface area contributed by atoms with Gasteiger partial charge < -0.3 is 5.21 Å². The molecule has 0 saturated heterocycles. The quantitative estimate of drug-likeness (QED) is 0.168. The Balaban J connectivity index is -0.0000000275. The van der Waals surface area contributed by atoms with Crippen molar-refractivity contribution in [1.82, 2.24) is 0 Å². The zero-order chi connectivity index (χ0) is 4.71. The van der Waals surface area contributed by atoms with Crippen LogP contribution in [0.4, 0.5) is 0 Å². The fraction of sp³-hybridized carbons (Fsp3) is 0. The standard InChI is InChI=1S/HNO2.Na.H2O2.H/c2-1-3;;1-2;/h(H,2,3);;1-2H;. The van der Waals surface area contributed by atoms with Crippen LogP contribution in [0.25, 0.3) is 0 Å². The molecule has 0 amide bonds. The van der Waals surface area contributed by atoms with E-state index in [0.29, 0.717) is 0 Å². The monoisotopic (exact) mass is 105 g/mol. The molecule has 34 valence electrons. The van der Waals surface area contributed by atoms with Crippen molar-refractivity contribution >= 4 is 29.6 Å². The maximum atomic E-state index is 8.11. The topological polar surface area (TPSA) is 90.1 Å². The van der Waals surface area contributed by atoms with Crippen molar-refractivity contribution < 1.29 is 15.7 Å². The number of rotatable bonds is 0. The normalized spacial score (nSPS) is 3.00. The summed E-state index contributed by atoms with van der Waals surface area (Å²) in [6.45, 7) is 0. The van der Waals surface area contributed by atoms with Crippen LogP contribution in [0.5, 0.6) is 0 Å². The summed E-state index contributed by atoms with van der Waals surface area (Å²) < 4.78 is 0. The third-order valence-corrected chi connectivity index (χ3v) is 0. The molecular weight excluding hydrogens is 101 g/mol. The predicted octanol–water partition coefficient (Wildman–Crippen LogP) is -0.489. The second kappa shape index (κ2) is 57.0. The first-order valence-electron chi connectivity index (χ1n) is 0.583. The molecule has 0 bridgehead atoms. The summed E-state index contributed by atoms with van der Waals surface area (Å²) in [5.41, 5.74) is 0. The van der Waals surface area contributed by atoms with Crippen molar-refractivity contribution in [3.63, 3.8) is 0 Å². The van der Waals surface area contributed by atoms with E-state index in [1.807, 2.05) is 0 Å². The molecular formula is H4NNaO4. The van der Waals surface area contributed by atoms with E-state index in [1.54, 1.807) is 0 Å². The Morgan fingerprint density at radius 1 is 1.33 bits per heavy atom. The molecule has 0 heterocycles. The second-order valence-electron chi connectivity index (χ2n) is 0.0816. The minimum absolute atomic E-state index is 0. The summed E-state index contributed by atoms with van der Waals surface area (Å²) in [4.78, 5) is 8.11. The van der Waals surface area contributed by atoms with Gasteiger partial charge in [-0.25, -0.2) is 0 Å². The van der Waals surface area contributed by atoms with Crippen molar-refractivity contribution in [3.8, 4) is 0 Å². The Kier molecular flexibility index (Phi) is 154. The van der Waals surface area contributed by atoms with E-state index in [4.69, 9.17) is 20.6 Å². The zero-order valence-corrected chi connectivity index (χ0v) is 2.20. The third-order valence-electron chi connectivity index (χ3n) is 0. The third kappa shape index (κ3) is 465. The summed E-state index contributed by atoms with van der Waals surface area (Å²) in [5, 5.41) is 19.9. The van der Waals surface area contributed by atoms with Crippen LogP contribution < -0.4 is 0 Å². The van der Waals surface area contributed by atoms with Crippen molar-refractivity contribution in [1.29, 1.82) is 0 Å². The molecule has 0 aromatic carbocycles. The second-order valence-corrected chi connectivity index (χ2v) is 0.0816. The average Bonchev–Trinajstić information content (AvgIpc) is 1.46. The van der Waals surface area contributed by atoms with Crippen molar-refractivity contribution in [3.05, 3.63) is 4.91 Å². The van der Waals surface area contributed by atoms with Gasteiger partial charge in [-0.3, -0.25) is 10.5 Å². The Labute approximate surface area is 55.8 Å². The summed E-state index contributed by atoms with van der Waals surface area (Å²) >= 11 is 0. The first-order valence-corrected chi connectivity index (χ1v) is 0.583. The Hall–Kier alpha value is 0.320. The molecule has 6 heteroatoms. The van der Waals surface area contributed by atoms with E-state index < -0.39 is 0 Å². The number of hydrogen-bond acceptors (Lipinski definition) is 4.